The Morgan fingerprint density at radius 3 is 2.96 bits per heavy atom. The lowest BCUT2D eigenvalue weighted by Crippen LogP contribution is -2.30. The molecule has 1 aliphatic heterocycles. The first-order valence-electron chi connectivity index (χ1n) is 9.48. The molecule has 7 nitrogen and oxygen atoms in total. The van der Waals surface area contributed by atoms with Crippen molar-refractivity contribution in [3.8, 4) is 0 Å². The number of carbonyl (C=O) groups is 1. The summed E-state index contributed by atoms with van der Waals surface area (Å²) in [5.74, 6) is 0.807. The molecule has 0 spiro atoms. The number of para-hydroxylation sites is 1. The van der Waals surface area contributed by atoms with Crippen molar-refractivity contribution in [2.45, 2.75) is 32.7 Å². The van der Waals surface area contributed by atoms with Crippen LogP contribution in [0.3, 0.4) is 0 Å². The number of aryl methyl sites for hydroxylation is 2. The topological polar surface area (TPSA) is 72.8 Å². The minimum absolute atomic E-state index is 0.0935. The van der Waals surface area contributed by atoms with Gasteiger partial charge in [0.15, 0.2) is 5.58 Å². The van der Waals surface area contributed by atoms with Crippen LogP contribution in [0.1, 0.15) is 24.2 Å². The van der Waals surface area contributed by atoms with E-state index >= 15 is 0 Å². The quantitative estimate of drug-likeness (QED) is 0.549. The predicted octanol–water partition coefficient (Wildman–Crippen LogP) is 2.92. The largest absolute Gasteiger partial charge is 0.463 e. The van der Waals surface area contributed by atoms with Crippen molar-refractivity contribution in [3.05, 3.63) is 64.4 Å². The fraction of sp³-hybridized carbons (Fsp3) is 0.286. The van der Waals surface area contributed by atoms with Gasteiger partial charge in [0.05, 0.1) is 11.8 Å². The molecule has 0 fully saturated rings. The maximum Gasteiger partial charge on any atom is 0.291 e. The van der Waals surface area contributed by atoms with Crippen LogP contribution in [0.5, 0.6) is 0 Å². The number of hydrogen-bond acceptors (Lipinski definition) is 4. The summed E-state index contributed by atoms with van der Waals surface area (Å²) in [5, 5.41) is 4.43. The van der Waals surface area contributed by atoms with Crippen LogP contribution in [0.25, 0.3) is 16.6 Å². The smallest absolute Gasteiger partial charge is 0.291 e. The summed E-state index contributed by atoms with van der Waals surface area (Å²) in [6.07, 6.45) is 3.45. The highest BCUT2D eigenvalue weighted by Gasteiger charge is 2.23. The zero-order chi connectivity index (χ0) is 19.3. The fourth-order valence-electron chi connectivity index (χ4n) is 4.09. The standard InChI is InChI=1S/C21H20N4O3/c1-14-22-24(21(27)18-13-19-17(25(14)18)9-12-28-19)10-4-7-20(26)23-11-8-15-5-2-3-6-16(15)23/h2-3,5-6,9,12-13H,4,7-8,10-11H2,1H3. The van der Waals surface area contributed by atoms with Crippen molar-refractivity contribution in [2.75, 3.05) is 11.4 Å². The van der Waals surface area contributed by atoms with Gasteiger partial charge in [0.2, 0.25) is 5.91 Å². The molecule has 7 heteroatoms. The summed E-state index contributed by atoms with van der Waals surface area (Å²) < 4.78 is 8.67. The van der Waals surface area contributed by atoms with E-state index in [1.165, 1.54) is 10.2 Å². The van der Waals surface area contributed by atoms with Crippen LogP contribution >= 0.6 is 0 Å². The number of aromatic nitrogens is 3. The van der Waals surface area contributed by atoms with Gasteiger partial charge in [-0.05, 0) is 31.4 Å². The minimum Gasteiger partial charge on any atom is -0.463 e. The van der Waals surface area contributed by atoms with Gasteiger partial charge in [-0.3, -0.25) is 14.0 Å². The Balaban J connectivity index is 1.33. The van der Waals surface area contributed by atoms with Crippen molar-refractivity contribution in [2.24, 2.45) is 0 Å². The van der Waals surface area contributed by atoms with Gasteiger partial charge in [0.1, 0.15) is 11.3 Å². The second-order valence-electron chi connectivity index (χ2n) is 7.14. The molecule has 0 unspecified atom stereocenters. The number of furan rings is 1. The molecule has 3 aromatic heterocycles. The normalized spacial score (nSPS) is 13.5. The molecule has 4 aromatic rings. The monoisotopic (exact) mass is 376 g/mol. The molecule has 0 N–H and O–H groups in total. The lowest BCUT2D eigenvalue weighted by Gasteiger charge is -2.17. The Kier molecular flexibility index (Phi) is 3.82. The summed E-state index contributed by atoms with van der Waals surface area (Å²) in [6.45, 7) is 3.00. The highest BCUT2D eigenvalue weighted by molar-refractivity contribution is 5.95. The summed E-state index contributed by atoms with van der Waals surface area (Å²) in [4.78, 5) is 27.3. The molecule has 0 bridgehead atoms. The first-order valence-corrected chi connectivity index (χ1v) is 9.48. The first kappa shape index (κ1) is 16.8. The third-order valence-electron chi connectivity index (χ3n) is 5.41. The number of benzene rings is 1. The van der Waals surface area contributed by atoms with Gasteiger partial charge >= 0.3 is 0 Å². The molecule has 1 amide bonds. The molecule has 142 valence electrons. The number of rotatable bonds is 4. The lowest BCUT2D eigenvalue weighted by molar-refractivity contribution is -0.118. The number of carbonyl (C=O) groups excluding carboxylic acids is 1. The van der Waals surface area contributed by atoms with E-state index in [9.17, 15) is 9.59 Å². The summed E-state index contributed by atoms with van der Waals surface area (Å²) >= 11 is 0. The Labute approximate surface area is 160 Å². The van der Waals surface area contributed by atoms with Crippen LogP contribution in [0.2, 0.25) is 0 Å². The van der Waals surface area contributed by atoms with Gasteiger partial charge in [0.25, 0.3) is 5.56 Å². The second kappa shape index (κ2) is 6.37. The van der Waals surface area contributed by atoms with E-state index in [0.717, 1.165) is 24.2 Å². The Hall–Kier alpha value is -3.35. The third kappa shape index (κ3) is 2.54. The van der Waals surface area contributed by atoms with E-state index in [-0.39, 0.29) is 11.5 Å². The lowest BCUT2D eigenvalue weighted by atomic mass is 10.2. The molecule has 0 saturated carbocycles. The highest BCUT2D eigenvalue weighted by atomic mass is 16.3. The number of fused-ring (bicyclic) bond motifs is 4. The minimum atomic E-state index is -0.170. The molecule has 0 atom stereocenters. The predicted molar refractivity (Wildman–Crippen MR) is 106 cm³/mol. The average molecular weight is 376 g/mol. The zero-order valence-corrected chi connectivity index (χ0v) is 15.6. The van der Waals surface area contributed by atoms with E-state index in [1.807, 2.05) is 40.5 Å². The number of anilines is 1. The first-order chi connectivity index (χ1) is 13.6. The molecule has 0 radical (unpaired) electrons. The van der Waals surface area contributed by atoms with Crippen LogP contribution in [0.15, 0.2) is 51.9 Å². The third-order valence-corrected chi connectivity index (χ3v) is 5.41. The van der Waals surface area contributed by atoms with E-state index < -0.39 is 0 Å². The molecule has 0 saturated heterocycles. The van der Waals surface area contributed by atoms with Crippen molar-refractivity contribution in [3.63, 3.8) is 0 Å². The molecule has 5 rings (SSSR count). The molecular weight excluding hydrogens is 356 g/mol. The highest BCUT2D eigenvalue weighted by Crippen LogP contribution is 2.28. The number of nitrogens with zero attached hydrogens (tertiary/aromatic N) is 4. The van der Waals surface area contributed by atoms with Gasteiger partial charge in [-0.25, -0.2) is 4.68 Å². The molecule has 4 heterocycles. The number of amides is 1. The van der Waals surface area contributed by atoms with E-state index in [0.29, 0.717) is 36.3 Å². The van der Waals surface area contributed by atoms with Gasteiger partial charge < -0.3 is 9.32 Å². The van der Waals surface area contributed by atoms with Crippen molar-refractivity contribution >= 4 is 28.2 Å². The van der Waals surface area contributed by atoms with Gasteiger partial charge in [-0.2, -0.15) is 5.10 Å². The van der Waals surface area contributed by atoms with Crippen molar-refractivity contribution in [1.82, 2.24) is 14.2 Å². The molecule has 1 aromatic carbocycles. The summed E-state index contributed by atoms with van der Waals surface area (Å²) in [7, 11) is 0. The summed E-state index contributed by atoms with van der Waals surface area (Å²) in [5.41, 5.74) is 4.11. The second-order valence-corrected chi connectivity index (χ2v) is 7.14. The van der Waals surface area contributed by atoms with Gasteiger partial charge in [-0.15, -0.1) is 0 Å². The SMILES string of the molecule is Cc1nn(CCCC(=O)N2CCc3ccccc32)c(=O)c2cc3occc3n12. The van der Waals surface area contributed by atoms with Gasteiger partial charge in [-0.1, -0.05) is 18.2 Å². The van der Waals surface area contributed by atoms with E-state index in [2.05, 4.69) is 11.2 Å². The van der Waals surface area contributed by atoms with Crippen LogP contribution in [0.4, 0.5) is 5.69 Å². The maximum atomic E-state index is 12.8. The Morgan fingerprint density at radius 2 is 2.07 bits per heavy atom. The molecular formula is C21H20N4O3. The molecule has 1 aliphatic rings. The number of hydrogen-bond donors (Lipinski definition) is 0. The van der Waals surface area contributed by atoms with Gasteiger partial charge in [0, 0.05) is 37.3 Å². The van der Waals surface area contributed by atoms with Crippen LogP contribution in [-0.2, 0) is 17.8 Å². The zero-order valence-electron chi connectivity index (χ0n) is 15.6. The van der Waals surface area contributed by atoms with Crippen molar-refractivity contribution < 1.29 is 9.21 Å². The van der Waals surface area contributed by atoms with Crippen molar-refractivity contribution in [1.29, 1.82) is 0 Å². The maximum absolute atomic E-state index is 12.8. The van der Waals surface area contributed by atoms with Crippen LogP contribution in [-0.4, -0.2) is 26.6 Å². The average Bonchev–Trinajstić information content (AvgIpc) is 3.39. The fourth-order valence-corrected chi connectivity index (χ4v) is 4.09. The van der Waals surface area contributed by atoms with E-state index in [4.69, 9.17) is 4.42 Å². The molecule has 28 heavy (non-hydrogen) atoms. The van der Waals surface area contributed by atoms with Crippen LogP contribution < -0.4 is 10.5 Å². The molecule has 0 aliphatic carbocycles. The summed E-state index contributed by atoms with van der Waals surface area (Å²) in [6, 6.07) is 11.6. The Bertz CT molecular complexity index is 1260. The van der Waals surface area contributed by atoms with Crippen LogP contribution in [0, 0.1) is 6.92 Å². The Morgan fingerprint density at radius 1 is 1.21 bits per heavy atom. The van der Waals surface area contributed by atoms with E-state index in [1.54, 1.807) is 12.3 Å².